The molecule has 0 fully saturated rings. The predicted molar refractivity (Wildman–Crippen MR) is 35.6 cm³/mol. The summed E-state index contributed by atoms with van der Waals surface area (Å²) in [6.07, 6.45) is 0. The third kappa shape index (κ3) is 18.5. The molecule has 0 nitrogen and oxygen atoms in total. The van der Waals surface area contributed by atoms with Gasteiger partial charge in [0.15, 0.2) is 0 Å². The second kappa shape index (κ2) is 25.7. The van der Waals surface area contributed by atoms with Gasteiger partial charge in [0.2, 0.25) is 0 Å². The molecule has 0 heterocycles. The molecule has 0 unspecified atom stereocenters. The van der Waals surface area contributed by atoms with Gasteiger partial charge in [-0.1, -0.05) is 0 Å². The Balaban J connectivity index is 0. The second-order valence-electron chi connectivity index (χ2n) is 0. The van der Waals surface area contributed by atoms with Gasteiger partial charge in [0.05, 0.1) is 0 Å². The van der Waals surface area contributed by atoms with Crippen LogP contribution in [0.2, 0.25) is 0 Å². The summed E-state index contributed by atoms with van der Waals surface area (Å²) in [5.74, 6) is 0. The Morgan fingerprint density at radius 3 is 1.00 bits per heavy atom. The van der Waals surface area contributed by atoms with E-state index in [0.717, 1.165) is 0 Å². The van der Waals surface area contributed by atoms with E-state index in [9.17, 15) is 0 Å². The van der Waals surface area contributed by atoms with Crippen molar-refractivity contribution in [3.63, 3.8) is 0 Å². The van der Waals surface area contributed by atoms with Gasteiger partial charge in [0, 0.05) is 17.1 Å². The summed E-state index contributed by atoms with van der Waals surface area (Å²) >= 11 is 0. The summed E-state index contributed by atoms with van der Waals surface area (Å²) < 4.78 is 0. The minimum atomic E-state index is 0. The first-order valence-electron chi connectivity index (χ1n) is 0. The van der Waals surface area contributed by atoms with Gasteiger partial charge in [0.25, 0.3) is 0 Å². The SMILES string of the molecule is [Cu].[GaH3].[InH3].[NaH].[SeH2]. The van der Waals surface area contributed by atoms with E-state index in [1.165, 1.54) is 0 Å². The molecule has 0 saturated carbocycles. The zero-order chi connectivity index (χ0) is 0. The van der Waals surface area contributed by atoms with Gasteiger partial charge < -0.3 is 0 Å². The van der Waals surface area contributed by atoms with Gasteiger partial charge in [-0.15, -0.1) is 0 Å². The van der Waals surface area contributed by atoms with E-state index in [1.54, 1.807) is 0 Å². The van der Waals surface area contributed by atoms with E-state index >= 15 is 0 Å². The van der Waals surface area contributed by atoms with Gasteiger partial charge in [0.1, 0.15) is 0 Å². The first kappa shape index (κ1) is 38.7. The summed E-state index contributed by atoms with van der Waals surface area (Å²) in [5.41, 5.74) is 0. The molecule has 5 heteroatoms. The molecule has 0 atom stereocenters. The molecule has 0 N–H and O–H groups in total. The van der Waals surface area contributed by atoms with Crippen molar-refractivity contribution in [2.24, 2.45) is 0 Å². The Hall–Kier alpha value is 3.55. The topological polar surface area (TPSA) is 0 Å². The van der Waals surface area contributed by atoms with Crippen LogP contribution in [0.15, 0.2) is 0 Å². The molecule has 0 aliphatic heterocycles. The van der Waals surface area contributed by atoms with E-state index in [2.05, 4.69) is 0 Å². The van der Waals surface area contributed by atoms with Crippen molar-refractivity contribution in [2.75, 3.05) is 0 Å². The van der Waals surface area contributed by atoms with Crippen molar-refractivity contribution in [3.05, 3.63) is 0 Å². The Morgan fingerprint density at radius 1 is 1.00 bits per heavy atom. The molecule has 0 aromatic heterocycles. The maximum atomic E-state index is 0. The molecule has 33 valence electrons. The van der Waals surface area contributed by atoms with Crippen LogP contribution in [0, 0.1) is 0 Å². The molecule has 0 aliphatic carbocycles. The third-order valence-corrected chi connectivity index (χ3v) is 0. The quantitative estimate of drug-likeness (QED) is 0.388. The third-order valence-electron chi connectivity index (χ3n) is 0. The van der Waals surface area contributed by atoms with Crippen LogP contribution < -0.4 is 0 Å². The van der Waals surface area contributed by atoms with Crippen LogP contribution in [-0.4, -0.2) is 92.3 Å². The van der Waals surface area contributed by atoms with Gasteiger partial charge in [-0.25, -0.2) is 0 Å². The second-order valence-corrected chi connectivity index (χ2v) is 0. The molecule has 0 aromatic rings. The molecule has 0 aromatic carbocycles. The fourth-order valence-corrected chi connectivity index (χ4v) is 0. The Labute approximate surface area is 107 Å². The summed E-state index contributed by atoms with van der Waals surface area (Å²) in [4.78, 5) is 0. The van der Waals surface area contributed by atoms with Gasteiger partial charge in [-0.3, -0.25) is 0 Å². The summed E-state index contributed by atoms with van der Waals surface area (Å²) in [5, 5.41) is 0. The molecular weight excluding hydrogens is 350 g/mol. The Kier molecular flexibility index (Phi) is 199. The van der Waals surface area contributed by atoms with Gasteiger partial charge in [-0.05, 0) is 0 Å². The number of hydrogen-bond donors (Lipinski definition) is 0. The van der Waals surface area contributed by atoms with Crippen LogP contribution in [0.3, 0.4) is 0 Å². The fraction of sp³-hybridized carbons (Fsp3) is 0. The average molecular weight is 359 g/mol. The van der Waals surface area contributed by atoms with Crippen molar-refractivity contribution in [1.29, 1.82) is 0 Å². The molecule has 0 amide bonds. The number of rotatable bonds is 0. The van der Waals surface area contributed by atoms with Crippen molar-refractivity contribution in [2.45, 2.75) is 0 Å². The predicted octanol–water partition coefficient (Wildman–Crippen LogP) is -3.94. The van der Waals surface area contributed by atoms with E-state index in [-0.39, 0.29) is 109 Å². The summed E-state index contributed by atoms with van der Waals surface area (Å²) in [7, 11) is 0. The van der Waals surface area contributed by atoms with Crippen LogP contribution in [0.1, 0.15) is 0 Å². The Bertz CT molecular complexity index is 11.6. The summed E-state index contributed by atoms with van der Waals surface area (Å²) in [6.45, 7) is 0. The molecule has 5 heavy (non-hydrogen) atoms. The first-order chi connectivity index (χ1) is 0. The van der Waals surface area contributed by atoms with E-state index < -0.39 is 0 Å². The molecule has 1 radical (unpaired) electrons. The molecule has 0 saturated heterocycles. The van der Waals surface area contributed by atoms with E-state index in [1.807, 2.05) is 0 Å². The minimum absolute atomic E-state index is 0. The normalized spacial score (nSPS) is 0. The van der Waals surface area contributed by atoms with Crippen molar-refractivity contribution in [3.8, 4) is 0 Å². The van der Waals surface area contributed by atoms with Crippen LogP contribution in [0.5, 0.6) is 0 Å². The zero-order valence-corrected chi connectivity index (χ0v) is 3.84. The average Bonchev–Trinajstić information content (AvgIpc) is 0. The Morgan fingerprint density at radius 2 is 1.00 bits per heavy atom. The van der Waals surface area contributed by atoms with E-state index in [4.69, 9.17) is 0 Å². The zero-order valence-electron chi connectivity index (χ0n) is 0.802. The monoisotopic (exact) mass is 359 g/mol. The van der Waals surface area contributed by atoms with Crippen LogP contribution in [0.25, 0.3) is 0 Å². The molecule has 0 spiro atoms. The van der Waals surface area contributed by atoms with Gasteiger partial charge >= 0.3 is 92.3 Å². The van der Waals surface area contributed by atoms with Gasteiger partial charge in [-0.2, -0.15) is 0 Å². The molecule has 0 aliphatic rings. The van der Waals surface area contributed by atoms with Crippen molar-refractivity contribution >= 4 is 92.3 Å². The van der Waals surface area contributed by atoms with Crippen molar-refractivity contribution in [1.82, 2.24) is 0 Å². The van der Waals surface area contributed by atoms with Crippen LogP contribution in [-0.2, 0) is 17.1 Å². The standard InChI is InChI=1S/Cu.Ga.In.Na.H2Se.7H/h;;;;1H2;;;;;;;. The maximum absolute atomic E-state index is 0. The molecule has 0 bridgehead atoms. The fourth-order valence-electron chi connectivity index (χ4n) is 0. The molecule has 0 rings (SSSR count). The van der Waals surface area contributed by atoms with E-state index in [0.29, 0.717) is 0 Å². The van der Waals surface area contributed by atoms with Crippen molar-refractivity contribution < 1.29 is 17.1 Å². The number of hydrogen-bond acceptors (Lipinski definition) is 0. The summed E-state index contributed by atoms with van der Waals surface area (Å²) in [6, 6.07) is 0. The molecular formula is H9CuGaInNaSe. The van der Waals surface area contributed by atoms with Crippen LogP contribution in [0.4, 0.5) is 0 Å². The van der Waals surface area contributed by atoms with Crippen LogP contribution >= 0.6 is 0 Å². The first-order valence-corrected chi connectivity index (χ1v) is 0.